The van der Waals surface area contributed by atoms with Gasteiger partial charge in [0.2, 0.25) is 10.0 Å². The minimum Gasteiger partial charge on any atom is -0.265 e. The predicted octanol–water partition coefficient (Wildman–Crippen LogP) is 2.83. The summed E-state index contributed by atoms with van der Waals surface area (Å²) >= 11 is 1.65. The van der Waals surface area contributed by atoms with Gasteiger partial charge in [0.25, 0.3) is 0 Å². The van der Waals surface area contributed by atoms with E-state index in [1.54, 1.807) is 40.6 Å². The summed E-state index contributed by atoms with van der Waals surface area (Å²) < 4.78 is 27.2. The van der Waals surface area contributed by atoms with Gasteiger partial charge in [-0.15, -0.1) is 11.8 Å². The van der Waals surface area contributed by atoms with E-state index in [2.05, 4.69) is 4.98 Å². The third-order valence-corrected chi connectivity index (χ3v) is 6.74. The van der Waals surface area contributed by atoms with Gasteiger partial charge in [0.1, 0.15) is 0 Å². The van der Waals surface area contributed by atoms with Crippen LogP contribution in [0, 0.1) is 6.92 Å². The molecular formula is C15H16N2O2S2. The Balaban J connectivity index is 1.96. The average Bonchev–Trinajstić information content (AvgIpc) is 2.99. The first-order chi connectivity index (χ1) is 10.1. The maximum absolute atomic E-state index is 12.8. The van der Waals surface area contributed by atoms with Gasteiger partial charge in [0.15, 0.2) is 0 Å². The molecule has 0 radical (unpaired) electrons. The highest BCUT2D eigenvalue weighted by Gasteiger charge is 2.36. The number of sulfonamides is 1. The molecule has 1 atom stereocenters. The Morgan fingerprint density at radius 3 is 2.48 bits per heavy atom. The number of hydrogen-bond donors (Lipinski definition) is 0. The minimum atomic E-state index is -3.46. The number of benzene rings is 1. The maximum atomic E-state index is 12.8. The largest absolute Gasteiger partial charge is 0.265 e. The second-order valence-electron chi connectivity index (χ2n) is 4.93. The molecule has 0 saturated carbocycles. The number of hydrogen-bond acceptors (Lipinski definition) is 4. The van der Waals surface area contributed by atoms with Gasteiger partial charge in [0.05, 0.1) is 10.3 Å². The van der Waals surface area contributed by atoms with E-state index in [9.17, 15) is 8.42 Å². The van der Waals surface area contributed by atoms with Crippen molar-refractivity contribution in [3.63, 3.8) is 0 Å². The van der Waals surface area contributed by atoms with Crippen molar-refractivity contribution in [2.45, 2.75) is 17.2 Å². The number of aromatic nitrogens is 1. The summed E-state index contributed by atoms with van der Waals surface area (Å²) in [7, 11) is -3.46. The van der Waals surface area contributed by atoms with Gasteiger partial charge in [-0.3, -0.25) is 4.98 Å². The summed E-state index contributed by atoms with van der Waals surface area (Å²) in [6.45, 7) is 2.48. The molecule has 1 aromatic heterocycles. The van der Waals surface area contributed by atoms with Crippen LogP contribution < -0.4 is 0 Å². The monoisotopic (exact) mass is 320 g/mol. The Bertz CT molecular complexity index is 715. The molecule has 0 aliphatic carbocycles. The molecule has 0 spiro atoms. The zero-order valence-electron chi connectivity index (χ0n) is 11.6. The quantitative estimate of drug-likeness (QED) is 0.872. The van der Waals surface area contributed by atoms with Crippen LogP contribution in [0.2, 0.25) is 0 Å². The Kier molecular flexibility index (Phi) is 4.01. The van der Waals surface area contributed by atoms with Crippen LogP contribution in [0.5, 0.6) is 0 Å². The molecule has 2 heterocycles. The summed E-state index contributed by atoms with van der Waals surface area (Å²) in [6.07, 6.45) is 3.40. The maximum Gasteiger partial charge on any atom is 0.244 e. The van der Waals surface area contributed by atoms with Crippen LogP contribution in [-0.2, 0) is 10.0 Å². The zero-order valence-corrected chi connectivity index (χ0v) is 13.3. The summed E-state index contributed by atoms with van der Waals surface area (Å²) in [6, 6.07) is 10.8. The normalized spacial score (nSPS) is 19.8. The summed E-state index contributed by atoms with van der Waals surface area (Å²) in [5.41, 5.74) is 2.03. The Morgan fingerprint density at radius 1 is 1.14 bits per heavy atom. The second-order valence-corrected chi connectivity index (χ2v) is 8.01. The van der Waals surface area contributed by atoms with Gasteiger partial charge in [0, 0.05) is 24.7 Å². The molecule has 1 saturated heterocycles. The van der Waals surface area contributed by atoms with Crippen LogP contribution in [0.15, 0.2) is 53.7 Å². The molecule has 1 aliphatic rings. The zero-order chi connectivity index (χ0) is 14.9. The molecule has 110 valence electrons. The first-order valence-corrected chi connectivity index (χ1v) is 9.18. The van der Waals surface area contributed by atoms with E-state index in [0.717, 1.165) is 16.9 Å². The van der Waals surface area contributed by atoms with Gasteiger partial charge in [-0.25, -0.2) is 8.42 Å². The number of pyridine rings is 1. The van der Waals surface area contributed by atoms with Crippen molar-refractivity contribution < 1.29 is 8.42 Å². The van der Waals surface area contributed by atoms with Crippen molar-refractivity contribution in [1.82, 2.24) is 9.29 Å². The Labute approximate surface area is 129 Å². The van der Waals surface area contributed by atoms with Crippen molar-refractivity contribution in [3.8, 4) is 0 Å². The van der Waals surface area contributed by atoms with E-state index >= 15 is 0 Å². The molecule has 0 unspecified atom stereocenters. The van der Waals surface area contributed by atoms with Gasteiger partial charge < -0.3 is 0 Å². The molecule has 6 heteroatoms. The topological polar surface area (TPSA) is 50.3 Å². The molecule has 0 amide bonds. The summed E-state index contributed by atoms with van der Waals surface area (Å²) in [5, 5.41) is -0.167. The van der Waals surface area contributed by atoms with Crippen molar-refractivity contribution in [2.75, 3.05) is 12.3 Å². The third-order valence-electron chi connectivity index (χ3n) is 3.47. The van der Waals surface area contributed by atoms with Crippen LogP contribution in [0.25, 0.3) is 0 Å². The highest BCUT2D eigenvalue weighted by atomic mass is 32.2. The Hall–Kier alpha value is -1.37. The highest BCUT2D eigenvalue weighted by molar-refractivity contribution is 8.01. The highest BCUT2D eigenvalue weighted by Crippen LogP contribution is 2.41. The van der Waals surface area contributed by atoms with Crippen molar-refractivity contribution in [1.29, 1.82) is 0 Å². The lowest BCUT2D eigenvalue weighted by atomic mass is 10.2. The fourth-order valence-corrected chi connectivity index (χ4v) is 5.58. The van der Waals surface area contributed by atoms with Crippen LogP contribution in [0.1, 0.15) is 16.5 Å². The summed E-state index contributed by atoms with van der Waals surface area (Å²) in [5.74, 6) is 0.804. The van der Waals surface area contributed by atoms with Crippen LogP contribution >= 0.6 is 11.8 Å². The first-order valence-electron chi connectivity index (χ1n) is 6.69. The minimum absolute atomic E-state index is 0.167. The van der Waals surface area contributed by atoms with Crippen LogP contribution in [0.4, 0.5) is 0 Å². The number of rotatable bonds is 3. The van der Waals surface area contributed by atoms with Gasteiger partial charge in [-0.1, -0.05) is 17.7 Å². The molecule has 2 aromatic rings. The lowest BCUT2D eigenvalue weighted by Crippen LogP contribution is -2.30. The van der Waals surface area contributed by atoms with Crippen molar-refractivity contribution in [2.24, 2.45) is 0 Å². The third kappa shape index (κ3) is 2.84. The Morgan fingerprint density at radius 2 is 1.81 bits per heavy atom. The van der Waals surface area contributed by atoms with Crippen molar-refractivity contribution >= 4 is 21.8 Å². The molecule has 1 aromatic carbocycles. The fourth-order valence-electron chi connectivity index (χ4n) is 2.34. The molecule has 21 heavy (non-hydrogen) atoms. The standard InChI is InChI=1S/C15H16N2O2S2/c1-12-2-4-14(5-3-12)21(18,19)17-10-11-20-15(17)13-6-8-16-9-7-13/h2-9,15H,10-11H2,1H3/t15-/m0/s1. The van der Waals surface area contributed by atoms with E-state index in [4.69, 9.17) is 0 Å². The second kappa shape index (κ2) is 5.79. The lowest BCUT2D eigenvalue weighted by molar-refractivity contribution is 0.434. The predicted molar refractivity (Wildman–Crippen MR) is 84.5 cm³/mol. The number of aryl methyl sites for hydroxylation is 1. The van der Waals surface area contributed by atoms with Gasteiger partial charge in [-0.05, 0) is 36.8 Å². The smallest absolute Gasteiger partial charge is 0.244 e. The van der Waals surface area contributed by atoms with E-state index in [0.29, 0.717) is 11.4 Å². The van der Waals surface area contributed by atoms with E-state index < -0.39 is 10.0 Å². The molecule has 4 nitrogen and oxygen atoms in total. The number of nitrogens with zero attached hydrogens (tertiary/aromatic N) is 2. The molecule has 1 aliphatic heterocycles. The molecule has 3 rings (SSSR count). The van der Waals surface area contributed by atoms with E-state index in [-0.39, 0.29) is 5.37 Å². The van der Waals surface area contributed by atoms with Crippen LogP contribution in [0.3, 0.4) is 0 Å². The number of thioether (sulfide) groups is 1. The molecule has 0 N–H and O–H groups in total. The van der Waals surface area contributed by atoms with Crippen LogP contribution in [-0.4, -0.2) is 30.0 Å². The van der Waals surface area contributed by atoms with E-state index in [1.165, 1.54) is 0 Å². The van der Waals surface area contributed by atoms with E-state index in [1.807, 2.05) is 31.2 Å². The molecule has 0 bridgehead atoms. The molecular weight excluding hydrogens is 304 g/mol. The molecule has 1 fully saturated rings. The fraction of sp³-hybridized carbons (Fsp3) is 0.267. The lowest BCUT2D eigenvalue weighted by Gasteiger charge is -2.23. The van der Waals surface area contributed by atoms with Gasteiger partial charge >= 0.3 is 0 Å². The summed E-state index contributed by atoms with van der Waals surface area (Å²) in [4.78, 5) is 4.35. The van der Waals surface area contributed by atoms with Gasteiger partial charge in [-0.2, -0.15) is 4.31 Å². The average molecular weight is 320 g/mol. The van der Waals surface area contributed by atoms with Crippen molar-refractivity contribution in [3.05, 3.63) is 59.9 Å². The SMILES string of the molecule is Cc1ccc(S(=O)(=O)N2CCS[C@H]2c2ccncc2)cc1. The first kappa shape index (κ1) is 14.6.